The molecule has 0 N–H and O–H groups in total. The lowest BCUT2D eigenvalue weighted by atomic mass is 10.0. The molecular formula is C24H34O2Si. The summed E-state index contributed by atoms with van der Waals surface area (Å²) >= 11 is 0. The van der Waals surface area contributed by atoms with Crippen molar-refractivity contribution in [2.45, 2.75) is 65.0 Å². The Hall–Kier alpha value is -1.71. The topological polar surface area (TPSA) is 26.3 Å². The Morgan fingerprint density at radius 1 is 0.889 bits per heavy atom. The van der Waals surface area contributed by atoms with E-state index in [2.05, 4.69) is 88.4 Å². The molecule has 0 saturated carbocycles. The monoisotopic (exact) mass is 382 g/mol. The lowest BCUT2D eigenvalue weighted by molar-refractivity contribution is -0.110. The van der Waals surface area contributed by atoms with Crippen LogP contribution < -0.4 is 10.4 Å². The summed E-state index contributed by atoms with van der Waals surface area (Å²) in [7, 11) is -2.47. The second kappa shape index (κ2) is 9.47. The van der Waals surface area contributed by atoms with Gasteiger partial charge in [0.05, 0.1) is 0 Å². The van der Waals surface area contributed by atoms with Gasteiger partial charge >= 0.3 is 0 Å². The summed E-state index contributed by atoms with van der Waals surface area (Å²) < 4.78 is 7.04. The first-order chi connectivity index (χ1) is 12.8. The van der Waals surface area contributed by atoms with Crippen molar-refractivity contribution in [1.29, 1.82) is 0 Å². The zero-order chi connectivity index (χ0) is 19.9. The largest absolute Gasteiger partial charge is 0.405 e. The summed E-state index contributed by atoms with van der Waals surface area (Å²) in [4.78, 5) is 10.9. The van der Waals surface area contributed by atoms with E-state index in [1.54, 1.807) is 0 Å². The predicted molar refractivity (Wildman–Crippen MR) is 117 cm³/mol. The number of carbonyl (C=O) groups is 1. The fraction of sp³-hybridized carbons (Fsp3) is 0.458. The van der Waals surface area contributed by atoms with Crippen LogP contribution in [0.5, 0.6) is 0 Å². The molecule has 2 atom stereocenters. The van der Waals surface area contributed by atoms with Gasteiger partial charge in [0, 0.05) is 12.0 Å². The van der Waals surface area contributed by atoms with Crippen LogP contribution in [0.1, 0.15) is 53.9 Å². The lowest BCUT2D eigenvalue weighted by Gasteiger charge is -2.44. The molecule has 2 aromatic carbocycles. The Bertz CT molecular complexity index is 652. The molecule has 0 aliphatic rings. The van der Waals surface area contributed by atoms with E-state index in [-0.39, 0.29) is 17.1 Å². The molecule has 1 unspecified atom stereocenters. The molecule has 2 rings (SSSR count). The highest BCUT2D eigenvalue weighted by Gasteiger charge is 2.50. The van der Waals surface area contributed by atoms with Crippen molar-refractivity contribution in [1.82, 2.24) is 0 Å². The Kier molecular flexibility index (Phi) is 7.57. The van der Waals surface area contributed by atoms with Gasteiger partial charge in [-0.2, -0.15) is 0 Å². The second-order valence-electron chi connectivity index (χ2n) is 8.64. The molecule has 0 aromatic heterocycles. The minimum absolute atomic E-state index is 0.0000542. The van der Waals surface area contributed by atoms with Gasteiger partial charge < -0.3 is 9.22 Å². The van der Waals surface area contributed by atoms with Crippen LogP contribution >= 0.6 is 0 Å². The van der Waals surface area contributed by atoms with Crippen molar-refractivity contribution in [2.24, 2.45) is 5.92 Å². The van der Waals surface area contributed by atoms with Crippen molar-refractivity contribution in [3.8, 4) is 0 Å². The van der Waals surface area contributed by atoms with Gasteiger partial charge in [-0.25, -0.2) is 0 Å². The number of benzene rings is 2. The van der Waals surface area contributed by atoms with E-state index in [9.17, 15) is 4.79 Å². The van der Waals surface area contributed by atoms with Gasteiger partial charge in [-0.3, -0.25) is 0 Å². The van der Waals surface area contributed by atoms with Crippen molar-refractivity contribution < 1.29 is 9.22 Å². The zero-order valence-corrected chi connectivity index (χ0v) is 18.4. The van der Waals surface area contributed by atoms with Crippen LogP contribution in [0.3, 0.4) is 0 Å². The Morgan fingerprint density at radius 2 is 1.37 bits per heavy atom. The normalized spacial score (nSPS) is 14.6. The first-order valence-electron chi connectivity index (χ1n) is 10.1. The minimum atomic E-state index is -2.47. The molecule has 0 aliphatic carbocycles. The molecule has 0 radical (unpaired) electrons. The van der Waals surface area contributed by atoms with Gasteiger partial charge in [0.25, 0.3) is 8.32 Å². The molecule has 146 valence electrons. The summed E-state index contributed by atoms with van der Waals surface area (Å²) in [6.07, 6.45) is 4.11. The molecule has 3 heteroatoms. The molecule has 0 saturated heterocycles. The van der Waals surface area contributed by atoms with Crippen molar-refractivity contribution >= 4 is 25.0 Å². The molecule has 2 aromatic rings. The van der Waals surface area contributed by atoms with Crippen LogP contribution in [-0.4, -0.2) is 20.7 Å². The van der Waals surface area contributed by atoms with Crippen LogP contribution in [0.2, 0.25) is 5.04 Å². The van der Waals surface area contributed by atoms with Gasteiger partial charge in [-0.1, -0.05) is 94.8 Å². The molecule has 0 bridgehead atoms. The van der Waals surface area contributed by atoms with Crippen LogP contribution in [0.15, 0.2) is 60.7 Å². The van der Waals surface area contributed by atoms with E-state index < -0.39 is 8.32 Å². The highest BCUT2D eigenvalue weighted by molar-refractivity contribution is 6.99. The summed E-state index contributed by atoms with van der Waals surface area (Å²) in [6.45, 7) is 11.1. The van der Waals surface area contributed by atoms with E-state index in [0.717, 1.165) is 25.5 Å². The molecule has 0 heterocycles. The van der Waals surface area contributed by atoms with Crippen LogP contribution in [0.25, 0.3) is 0 Å². The zero-order valence-electron chi connectivity index (χ0n) is 17.4. The fourth-order valence-electron chi connectivity index (χ4n) is 3.85. The van der Waals surface area contributed by atoms with Crippen molar-refractivity contribution in [3.63, 3.8) is 0 Å². The maximum atomic E-state index is 10.9. The van der Waals surface area contributed by atoms with Gasteiger partial charge in [-0.05, 0) is 35.2 Å². The highest BCUT2D eigenvalue weighted by Crippen LogP contribution is 2.37. The van der Waals surface area contributed by atoms with Gasteiger partial charge in [0.1, 0.15) is 6.29 Å². The number of aldehydes is 1. The lowest BCUT2D eigenvalue weighted by Crippen LogP contribution is -2.67. The SMILES string of the molecule is CC(CCC[C@H](C)C=O)O[Si](c1ccccc1)(c1ccccc1)C(C)(C)C. The summed E-state index contributed by atoms with van der Waals surface area (Å²) in [5, 5.41) is 2.63. The molecular weight excluding hydrogens is 348 g/mol. The molecule has 0 aliphatic heterocycles. The average molecular weight is 383 g/mol. The van der Waals surface area contributed by atoms with Crippen molar-refractivity contribution in [2.75, 3.05) is 0 Å². The maximum absolute atomic E-state index is 10.9. The van der Waals surface area contributed by atoms with E-state index in [1.165, 1.54) is 10.4 Å². The van der Waals surface area contributed by atoms with Crippen LogP contribution in [-0.2, 0) is 9.22 Å². The van der Waals surface area contributed by atoms with Gasteiger partial charge in [0.15, 0.2) is 0 Å². The quantitative estimate of drug-likeness (QED) is 0.453. The van der Waals surface area contributed by atoms with Gasteiger partial charge in [0.2, 0.25) is 0 Å². The summed E-state index contributed by atoms with van der Waals surface area (Å²) in [5.74, 6) is 0.130. The first kappa shape index (κ1) is 21.6. The van der Waals surface area contributed by atoms with E-state index in [0.29, 0.717) is 0 Å². The smallest absolute Gasteiger partial charge is 0.261 e. The van der Waals surface area contributed by atoms with Gasteiger partial charge in [-0.15, -0.1) is 0 Å². The van der Waals surface area contributed by atoms with E-state index in [1.807, 2.05) is 6.92 Å². The maximum Gasteiger partial charge on any atom is 0.261 e. The van der Waals surface area contributed by atoms with Crippen LogP contribution in [0.4, 0.5) is 0 Å². The van der Waals surface area contributed by atoms with Crippen LogP contribution in [0, 0.1) is 5.92 Å². The van der Waals surface area contributed by atoms with Crippen molar-refractivity contribution in [3.05, 3.63) is 60.7 Å². The molecule has 0 fully saturated rings. The number of hydrogen-bond donors (Lipinski definition) is 0. The Morgan fingerprint density at radius 3 is 1.78 bits per heavy atom. The first-order valence-corrected chi connectivity index (χ1v) is 12.0. The number of hydrogen-bond acceptors (Lipinski definition) is 2. The fourth-order valence-corrected chi connectivity index (χ4v) is 8.58. The standard InChI is InChI=1S/C24H34O2Si/c1-20(19-25)13-12-14-21(2)26-27(24(3,4)5,22-15-8-6-9-16-22)23-17-10-7-11-18-23/h6-11,15-21H,12-14H2,1-5H3/t20-,21?/m0/s1. The molecule has 0 spiro atoms. The Balaban J connectivity index is 2.39. The minimum Gasteiger partial charge on any atom is -0.405 e. The summed E-state index contributed by atoms with van der Waals surface area (Å²) in [5.41, 5.74) is 0. The molecule has 2 nitrogen and oxygen atoms in total. The molecule has 0 amide bonds. The summed E-state index contributed by atoms with van der Waals surface area (Å²) in [6, 6.07) is 21.5. The Labute approximate surface area is 166 Å². The highest BCUT2D eigenvalue weighted by atomic mass is 28.4. The number of carbonyl (C=O) groups excluding carboxylic acids is 1. The third kappa shape index (κ3) is 5.17. The second-order valence-corrected chi connectivity index (χ2v) is 12.9. The van der Waals surface area contributed by atoms with E-state index in [4.69, 9.17) is 4.43 Å². The third-order valence-corrected chi connectivity index (χ3v) is 10.5. The molecule has 27 heavy (non-hydrogen) atoms. The van der Waals surface area contributed by atoms with E-state index >= 15 is 0 Å². The predicted octanol–water partition coefficient (Wildman–Crippen LogP) is 4.96. The number of rotatable bonds is 9. The third-order valence-electron chi connectivity index (χ3n) is 5.30. The average Bonchev–Trinajstić information content (AvgIpc) is 2.66.